The molecule has 8 heteroatoms. The number of nitrogens with one attached hydrogen (secondary N) is 1. The molecule has 0 bridgehead atoms. The lowest BCUT2D eigenvalue weighted by Crippen LogP contribution is -2.20. The molecule has 34 heavy (non-hydrogen) atoms. The van der Waals surface area contributed by atoms with Gasteiger partial charge in [0.05, 0.1) is 11.6 Å². The summed E-state index contributed by atoms with van der Waals surface area (Å²) < 4.78 is 17.5. The molecule has 4 rings (SSSR count). The van der Waals surface area contributed by atoms with Crippen LogP contribution in [-0.4, -0.2) is 24.6 Å². The molecule has 7 nitrogen and oxygen atoms in total. The molecule has 3 aromatic carbocycles. The fraction of sp³-hybridized carbons (Fsp3) is 0.115. The summed E-state index contributed by atoms with van der Waals surface area (Å²) in [7, 11) is 1.50. The van der Waals surface area contributed by atoms with Crippen molar-refractivity contribution in [3.8, 4) is 17.6 Å². The Bertz CT molecular complexity index is 1400. The van der Waals surface area contributed by atoms with Gasteiger partial charge in [0.15, 0.2) is 23.7 Å². The number of fused-ring (bicyclic) bond motifs is 1. The number of amides is 1. The largest absolute Gasteiger partial charge is 0.493 e. The number of allylic oxidation sites excluding steroid dienone is 1. The van der Waals surface area contributed by atoms with Gasteiger partial charge in [-0.25, -0.2) is 4.98 Å². The van der Waals surface area contributed by atoms with E-state index in [1.165, 1.54) is 7.11 Å². The standard InChI is InChI=1S/C26H20BrN3O4/c1-16-6-5-7-19(10-16)29-24(31)15-33-25-20(27)12-17(13-23(25)32-2)11-18(14-28)26-30-21-8-3-4-9-22(21)34-26/h3-13H,15H2,1-2H3,(H,29,31)/b18-11+. The van der Waals surface area contributed by atoms with E-state index in [1.54, 1.807) is 24.3 Å². The number of rotatable bonds is 7. The number of oxazole rings is 1. The summed E-state index contributed by atoms with van der Waals surface area (Å²) in [6.45, 7) is 1.75. The highest BCUT2D eigenvalue weighted by atomic mass is 79.9. The van der Waals surface area contributed by atoms with Gasteiger partial charge in [0, 0.05) is 5.69 Å². The zero-order valence-electron chi connectivity index (χ0n) is 18.5. The summed E-state index contributed by atoms with van der Waals surface area (Å²) in [5.41, 5.74) is 3.94. The second-order valence-corrected chi connectivity index (χ2v) is 8.25. The topological polar surface area (TPSA) is 97.4 Å². The van der Waals surface area contributed by atoms with Crippen LogP contribution in [-0.2, 0) is 4.79 Å². The fourth-order valence-corrected chi connectivity index (χ4v) is 3.89. The van der Waals surface area contributed by atoms with Crippen molar-refractivity contribution in [3.05, 3.63) is 82.2 Å². The highest BCUT2D eigenvalue weighted by molar-refractivity contribution is 9.10. The molecule has 170 valence electrons. The van der Waals surface area contributed by atoms with Crippen LogP contribution in [0.5, 0.6) is 11.5 Å². The molecule has 0 aliphatic heterocycles. The molecule has 0 saturated heterocycles. The van der Waals surface area contributed by atoms with Crippen molar-refractivity contribution in [1.82, 2.24) is 4.98 Å². The third kappa shape index (κ3) is 5.27. The number of carbonyl (C=O) groups is 1. The second-order valence-electron chi connectivity index (χ2n) is 7.40. The summed E-state index contributed by atoms with van der Waals surface area (Å²) >= 11 is 3.47. The van der Waals surface area contributed by atoms with Crippen LogP contribution >= 0.6 is 15.9 Å². The van der Waals surface area contributed by atoms with Crippen molar-refractivity contribution >= 4 is 50.3 Å². The molecule has 0 atom stereocenters. The number of para-hydroxylation sites is 2. The first-order chi connectivity index (χ1) is 16.5. The zero-order chi connectivity index (χ0) is 24.1. The van der Waals surface area contributed by atoms with Crippen LogP contribution in [0.4, 0.5) is 5.69 Å². The van der Waals surface area contributed by atoms with Gasteiger partial charge in [-0.15, -0.1) is 0 Å². The molecule has 1 aromatic heterocycles. The Morgan fingerprint density at radius 1 is 1.21 bits per heavy atom. The number of nitrogens with zero attached hydrogens (tertiary/aromatic N) is 2. The van der Waals surface area contributed by atoms with Crippen LogP contribution in [0.1, 0.15) is 17.0 Å². The molecule has 0 unspecified atom stereocenters. The van der Waals surface area contributed by atoms with Gasteiger partial charge in [0.2, 0.25) is 5.89 Å². The van der Waals surface area contributed by atoms with Crippen LogP contribution in [0, 0.1) is 18.3 Å². The maximum absolute atomic E-state index is 12.3. The average molecular weight is 518 g/mol. The third-order valence-electron chi connectivity index (χ3n) is 4.86. The van der Waals surface area contributed by atoms with Crippen molar-refractivity contribution in [1.29, 1.82) is 5.26 Å². The number of halogens is 1. The highest BCUT2D eigenvalue weighted by Crippen LogP contribution is 2.37. The smallest absolute Gasteiger partial charge is 0.262 e. The van der Waals surface area contributed by atoms with Gasteiger partial charge in [-0.05, 0) is 76.5 Å². The Morgan fingerprint density at radius 2 is 2.03 bits per heavy atom. The van der Waals surface area contributed by atoms with Crippen molar-refractivity contribution in [2.24, 2.45) is 0 Å². The van der Waals surface area contributed by atoms with E-state index in [0.29, 0.717) is 38.3 Å². The summed E-state index contributed by atoms with van der Waals surface area (Å²) in [6, 6.07) is 20.4. The quantitative estimate of drug-likeness (QED) is 0.302. The number of benzene rings is 3. The Morgan fingerprint density at radius 3 is 2.76 bits per heavy atom. The highest BCUT2D eigenvalue weighted by Gasteiger charge is 2.15. The lowest BCUT2D eigenvalue weighted by molar-refractivity contribution is -0.118. The SMILES string of the molecule is COc1cc(/C=C(\C#N)c2nc3ccccc3o2)cc(Br)c1OCC(=O)Nc1cccc(C)c1. The summed E-state index contributed by atoms with van der Waals surface area (Å²) in [5, 5.41) is 12.5. The first kappa shape index (κ1) is 23.1. The van der Waals surface area contributed by atoms with Gasteiger partial charge in [0.25, 0.3) is 5.91 Å². The summed E-state index contributed by atoms with van der Waals surface area (Å²) in [5.74, 6) is 0.705. The first-order valence-electron chi connectivity index (χ1n) is 10.3. The predicted molar refractivity (Wildman–Crippen MR) is 133 cm³/mol. The van der Waals surface area contributed by atoms with Crippen LogP contribution in [0.15, 0.2) is 69.6 Å². The van der Waals surface area contributed by atoms with Gasteiger partial charge in [-0.1, -0.05) is 24.3 Å². The van der Waals surface area contributed by atoms with Gasteiger partial charge in [-0.2, -0.15) is 5.26 Å². The van der Waals surface area contributed by atoms with Gasteiger partial charge in [0.1, 0.15) is 17.2 Å². The molecule has 1 heterocycles. The molecule has 0 aliphatic rings. The molecule has 0 radical (unpaired) electrons. The van der Waals surface area contributed by atoms with Gasteiger partial charge < -0.3 is 19.2 Å². The molecule has 0 saturated carbocycles. The second kappa shape index (κ2) is 10.2. The molecule has 1 amide bonds. The molecular weight excluding hydrogens is 498 g/mol. The number of carbonyl (C=O) groups excluding carboxylic acids is 1. The van der Waals surface area contributed by atoms with Crippen molar-refractivity contribution in [2.75, 3.05) is 19.0 Å². The third-order valence-corrected chi connectivity index (χ3v) is 5.45. The normalized spacial score (nSPS) is 11.2. The van der Waals surface area contributed by atoms with E-state index in [2.05, 4.69) is 32.3 Å². The zero-order valence-corrected chi connectivity index (χ0v) is 20.0. The number of methoxy groups -OCH3 is 1. The van der Waals surface area contributed by atoms with E-state index in [-0.39, 0.29) is 24.0 Å². The molecule has 1 N–H and O–H groups in total. The Balaban J connectivity index is 1.54. The first-order valence-corrected chi connectivity index (χ1v) is 11.1. The lowest BCUT2D eigenvalue weighted by Gasteiger charge is -2.14. The fourth-order valence-electron chi connectivity index (χ4n) is 3.32. The molecule has 0 spiro atoms. The Kier molecular flexibility index (Phi) is 6.95. The van der Waals surface area contributed by atoms with E-state index >= 15 is 0 Å². The minimum atomic E-state index is -0.300. The van der Waals surface area contributed by atoms with E-state index < -0.39 is 0 Å². The van der Waals surface area contributed by atoms with E-state index in [4.69, 9.17) is 13.9 Å². The average Bonchev–Trinajstić information content (AvgIpc) is 3.25. The maximum atomic E-state index is 12.3. The van der Waals surface area contributed by atoms with Crippen molar-refractivity contribution in [2.45, 2.75) is 6.92 Å². The Hall–Kier alpha value is -4.09. The number of aryl methyl sites for hydroxylation is 1. The summed E-state index contributed by atoms with van der Waals surface area (Å²) in [6.07, 6.45) is 1.65. The van der Waals surface area contributed by atoms with E-state index in [9.17, 15) is 10.1 Å². The lowest BCUT2D eigenvalue weighted by atomic mass is 10.1. The van der Waals surface area contributed by atoms with Crippen LogP contribution in [0.2, 0.25) is 0 Å². The minimum Gasteiger partial charge on any atom is -0.493 e. The number of aromatic nitrogens is 1. The summed E-state index contributed by atoms with van der Waals surface area (Å²) in [4.78, 5) is 16.7. The minimum absolute atomic E-state index is 0.204. The number of ether oxygens (including phenoxy) is 2. The van der Waals surface area contributed by atoms with Crippen LogP contribution in [0.25, 0.3) is 22.7 Å². The number of anilines is 1. The molecular formula is C26H20BrN3O4. The van der Waals surface area contributed by atoms with Crippen LogP contribution < -0.4 is 14.8 Å². The Labute approximate surface area is 204 Å². The van der Waals surface area contributed by atoms with E-state index in [0.717, 1.165) is 5.56 Å². The monoisotopic (exact) mass is 517 g/mol. The van der Waals surface area contributed by atoms with Crippen molar-refractivity contribution < 1.29 is 18.7 Å². The van der Waals surface area contributed by atoms with Crippen LogP contribution in [0.3, 0.4) is 0 Å². The van der Waals surface area contributed by atoms with E-state index in [1.807, 2.05) is 49.4 Å². The maximum Gasteiger partial charge on any atom is 0.262 e. The predicted octanol–water partition coefficient (Wildman–Crippen LogP) is 5.99. The van der Waals surface area contributed by atoms with Gasteiger partial charge >= 0.3 is 0 Å². The molecule has 0 aliphatic carbocycles. The number of nitriles is 1. The van der Waals surface area contributed by atoms with Gasteiger partial charge in [-0.3, -0.25) is 4.79 Å². The number of hydrogen-bond donors (Lipinski definition) is 1. The molecule has 0 fully saturated rings. The van der Waals surface area contributed by atoms with Crippen molar-refractivity contribution in [3.63, 3.8) is 0 Å². The molecule has 4 aromatic rings. The number of hydrogen-bond acceptors (Lipinski definition) is 6.